The van der Waals surface area contributed by atoms with Crippen LogP contribution in [0.1, 0.15) is 38.5 Å². The zero-order chi connectivity index (χ0) is 13.5. The summed E-state index contributed by atoms with van der Waals surface area (Å²) in [5.74, 6) is 0.487. The molecule has 0 spiro atoms. The van der Waals surface area contributed by atoms with Gasteiger partial charge >= 0.3 is 0 Å². The van der Waals surface area contributed by atoms with E-state index in [0.29, 0.717) is 13.0 Å². The summed E-state index contributed by atoms with van der Waals surface area (Å²) in [5, 5.41) is 6.14. The summed E-state index contributed by atoms with van der Waals surface area (Å²) in [4.78, 5) is 25.7. The van der Waals surface area contributed by atoms with Gasteiger partial charge in [-0.3, -0.25) is 9.59 Å². The molecule has 1 saturated carbocycles. The number of nitrogens with zero attached hydrogens (tertiary/aromatic N) is 1. The second kappa shape index (κ2) is 7.48. The van der Waals surface area contributed by atoms with Gasteiger partial charge < -0.3 is 15.5 Å². The summed E-state index contributed by atoms with van der Waals surface area (Å²) in [5.41, 5.74) is 0. The van der Waals surface area contributed by atoms with E-state index in [9.17, 15) is 9.59 Å². The molecule has 0 aromatic rings. The quantitative estimate of drug-likeness (QED) is 0.780. The topological polar surface area (TPSA) is 61.4 Å². The van der Waals surface area contributed by atoms with Crippen molar-refractivity contribution >= 4 is 11.8 Å². The monoisotopic (exact) mass is 267 g/mol. The molecule has 1 aliphatic heterocycles. The van der Waals surface area contributed by atoms with Gasteiger partial charge in [-0.1, -0.05) is 19.3 Å². The Balaban J connectivity index is 1.62. The summed E-state index contributed by atoms with van der Waals surface area (Å²) in [6.07, 6.45) is 6.04. The maximum Gasteiger partial charge on any atom is 0.224 e. The van der Waals surface area contributed by atoms with E-state index in [4.69, 9.17) is 0 Å². The van der Waals surface area contributed by atoms with Crippen LogP contribution in [0.15, 0.2) is 0 Å². The van der Waals surface area contributed by atoms with E-state index in [-0.39, 0.29) is 17.7 Å². The molecule has 5 heteroatoms. The maximum atomic E-state index is 11.9. The van der Waals surface area contributed by atoms with Crippen LogP contribution in [-0.2, 0) is 9.59 Å². The molecule has 2 N–H and O–H groups in total. The molecule has 0 atom stereocenters. The van der Waals surface area contributed by atoms with Crippen LogP contribution >= 0.6 is 0 Å². The number of carbonyl (C=O) groups is 2. The highest BCUT2D eigenvalue weighted by molar-refractivity contribution is 5.80. The summed E-state index contributed by atoms with van der Waals surface area (Å²) >= 11 is 0. The molecule has 1 aliphatic carbocycles. The number of nitrogens with one attached hydrogen (secondary N) is 2. The van der Waals surface area contributed by atoms with Crippen molar-refractivity contribution in [2.24, 2.45) is 5.92 Å². The second-order valence-electron chi connectivity index (χ2n) is 5.51. The lowest BCUT2D eigenvalue weighted by atomic mass is 9.89. The zero-order valence-corrected chi connectivity index (χ0v) is 11.6. The molecule has 2 rings (SSSR count). The van der Waals surface area contributed by atoms with Crippen LogP contribution in [0.3, 0.4) is 0 Å². The van der Waals surface area contributed by atoms with Gasteiger partial charge in [0.25, 0.3) is 0 Å². The van der Waals surface area contributed by atoms with Gasteiger partial charge in [-0.25, -0.2) is 0 Å². The van der Waals surface area contributed by atoms with Crippen molar-refractivity contribution in [3.05, 3.63) is 0 Å². The summed E-state index contributed by atoms with van der Waals surface area (Å²) in [6.45, 7) is 3.81. The van der Waals surface area contributed by atoms with Crippen LogP contribution in [0.4, 0.5) is 0 Å². The number of carbonyl (C=O) groups excluding carboxylic acids is 2. The van der Waals surface area contributed by atoms with E-state index < -0.39 is 0 Å². The normalized spacial score (nSPS) is 21.2. The molecule has 0 bridgehead atoms. The van der Waals surface area contributed by atoms with Gasteiger partial charge in [-0.15, -0.1) is 0 Å². The van der Waals surface area contributed by atoms with Crippen molar-refractivity contribution in [2.45, 2.75) is 38.5 Å². The van der Waals surface area contributed by atoms with Gasteiger partial charge in [0, 0.05) is 45.1 Å². The van der Waals surface area contributed by atoms with E-state index in [0.717, 1.165) is 51.9 Å². The maximum absolute atomic E-state index is 11.9. The van der Waals surface area contributed by atoms with Gasteiger partial charge in [-0.2, -0.15) is 0 Å². The highest BCUT2D eigenvalue weighted by Gasteiger charge is 2.21. The Morgan fingerprint density at radius 2 is 1.79 bits per heavy atom. The van der Waals surface area contributed by atoms with Crippen LogP contribution in [0.25, 0.3) is 0 Å². The first kappa shape index (κ1) is 14.3. The fourth-order valence-corrected chi connectivity index (χ4v) is 2.87. The molecular formula is C14H25N3O2. The molecule has 0 aromatic carbocycles. The molecule has 1 heterocycles. The predicted octanol–water partition coefficient (Wildman–Crippen LogP) is 0.505. The van der Waals surface area contributed by atoms with E-state index in [1.807, 2.05) is 4.90 Å². The first-order valence-electron chi connectivity index (χ1n) is 7.53. The lowest BCUT2D eigenvalue weighted by Gasteiger charge is -2.27. The van der Waals surface area contributed by atoms with Crippen molar-refractivity contribution in [1.82, 2.24) is 15.5 Å². The van der Waals surface area contributed by atoms with Crippen LogP contribution in [-0.4, -0.2) is 49.4 Å². The van der Waals surface area contributed by atoms with Crippen molar-refractivity contribution in [2.75, 3.05) is 32.7 Å². The lowest BCUT2D eigenvalue weighted by Crippen LogP contribution is -2.47. The van der Waals surface area contributed by atoms with Crippen LogP contribution in [0.5, 0.6) is 0 Å². The molecule has 2 amide bonds. The van der Waals surface area contributed by atoms with Crippen molar-refractivity contribution in [3.8, 4) is 0 Å². The fourth-order valence-electron chi connectivity index (χ4n) is 2.87. The Bertz CT molecular complexity index is 278. The lowest BCUT2D eigenvalue weighted by molar-refractivity contribution is -0.132. The van der Waals surface area contributed by atoms with Gasteiger partial charge in [0.05, 0.1) is 0 Å². The number of hydrogen-bond acceptors (Lipinski definition) is 3. The Morgan fingerprint density at radius 1 is 1.11 bits per heavy atom. The molecule has 0 aromatic heterocycles. The average Bonchev–Trinajstić information content (AvgIpc) is 2.49. The molecule has 0 unspecified atom stereocenters. The number of rotatable bonds is 4. The molecule has 108 valence electrons. The first-order chi connectivity index (χ1) is 9.27. The van der Waals surface area contributed by atoms with Gasteiger partial charge in [0.2, 0.25) is 11.8 Å². The largest absolute Gasteiger partial charge is 0.355 e. The van der Waals surface area contributed by atoms with Crippen molar-refractivity contribution in [3.63, 3.8) is 0 Å². The molecule has 5 nitrogen and oxygen atoms in total. The number of amides is 2. The Hall–Kier alpha value is -1.10. The Morgan fingerprint density at radius 3 is 2.47 bits per heavy atom. The highest BCUT2D eigenvalue weighted by Crippen LogP contribution is 2.23. The fraction of sp³-hybridized carbons (Fsp3) is 0.857. The third-order valence-electron chi connectivity index (χ3n) is 4.08. The van der Waals surface area contributed by atoms with Crippen molar-refractivity contribution < 1.29 is 9.59 Å². The minimum Gasteiger partial charge on any atom is -0.355 e. The second-order valence-corrected chi connectivity index (χ2v) is 5.51. The summed E-state index contributed by atoms with van der Waals surface area (Å²) in [7, 11) is 0. The number of piperazine rings is 1. The zero-order valence-electron chi connectivity index (χ0n) is 11.6. The van der Waals surface area contributed by atoms with E-state index >= 15 is 0 Å². The number of hydrogen-bond donors (Lipinski definition) is 2. The molecule has 2 fully saturated rings. The Labute approximate surface area is 115 Å². The molecular weight excluding hydrogens is 242 g/mol. The third kappa shape index (κ3) is 4.49. The minimum atomic E-state index is 0.146. The third-order valence-corrected chi connectivity index (χ3v) is 4.08. The first-order valence-corrected chi connectivity index (χ1v) is 7.53. The molecule has 2 aliphatic rings. The van der Waals surface area contributed by atoms with Gasteiger partial charge in [-0.05, 0) is 12.8 Å². The molecule has 19 heavy (non-hydrogen) atoms. The molecule has 0 radical (unpaired) electrons. The summed E-state index contributed by atoms with van der Waals surface area (Å²) in [6, 6.07) is 0. The van der Waals surface area contributed by atoms with Crippen LogP contribution < -0.4 is 10.6 Å². The summed E-state index contributed by atoms with van der Waals surface area (Å²) < 4.78 is 0. The minimum absolute atomic E-state index is 0.146. The Kier molecular flexibility index (Phi) is 5.63. The van der Waals surface area contributed by atoms with Gasteiger partial charge in [0.15, 0.2) is 0 Å². The predicted molar refractivity (Wildman–Crippen MR) is 73.7 cm³/mol. The average molecular weight is 267 g/mol. The standard InChI is InChI=1S/C14H25N3O2/c18-13(17-10-8-15-9-11-17)6-7-16-14(19)12-4-2-1-3-5-12/h12,15H,1-11H2,(H,16,19). The van der Waals surface area contributed by atoms with E-state index in [2.05, 4.69) is 10.6 Å². The van der Waals surface area contributed by atoms with E-state index in [1.54, 1.807) is 0 Å². The SMILES string of the molecule is O=C(NCCC(=O)N1CCNCC1)C1CCCCC1. The van der Waals surface area contributed by atoms with Crippen LogP contribution in [0, 0.1) is 5.92 Å². The van der Waals surface area contributed by atoms with E-state index in [1.165, 1.54) is 6.42 Å². The van der Waals surface area contributed by atoms with Gasteiger partial charge in [0.1, 0.15) is 0 Å². The smallest absolute Gasteiger partial charge is 0.224 e. The van der Waals surface area contributed by atoms with Crippen molar-refractivity contribution in [1.29, 1.82) is 0 Å². The molecule has 1 saturated heterocycles. The van der Waals surface area contributed by atoms with Crippen LogP contribution in [0.2, 0.25) is 0 Å². The highest BCUT2D eigenvalue weighted by atomic mass is 16.2.